The summed E-state index contributed by atoms with van der Waals surface area (Å²) in [4.78, 5) is 21.1. The van der Waals surface area contributed by atoms with Crippen molar-refractivity contribution in [1.29, 1.82) is 0 Å². The number of nitrogens with zero attached hydrogens (tertiary/aromatic N) is 4. The molecule has 0 unspecified atom stereocenters. The lowest BCUT2D eigenvalue weighted by molar-refractivity contribution is 0.0526. The first-order valence-electron chi connectivity index (χ1n) is 8.70. The fraction of sp³-hybridized carbons (Fsp3) is 0.143. The molecule has 2 aromatic heterocycles. The number of carbonyl (C=O) groups is 1. The molecule has 6 nitrogen and oxygen atoms in total. The van der Waals surface area contributed by atoms with Crippen molar-refractivity contribution >= 4 is 17.0 Å². The van der Waals surface area contributed by atoms with E-state index in [4.69, 9.17) is 4.74 Å². The molecule has 2 aromatic carbocycles. The smallest absolute Gasteiger partial charge is 0.338 e. The number of aromatic nitrogens is 4. The maximum atomic E-state index is 12.0. The third kappa shape index (κ3) is 3.29. The predicted octanol–water partition coefficient (Wildman–Crippen LogP) is 3.97. The number of hydrogen-bond acceptors (Lipinski definition) is 5. The van der Waals surface area contributed by atoms with Crippen LogP contribution in [0.2, 0.25) is 0 Å². The van der Waals surface area contributed by atoms with Crippen LogP contribution in [0.15, 0.2) is 61.1 Å². The zero-order valence-electron chi connectivity index (χ0n) is 15.1. The fourth-order valence-corrected chi connectivity index (χ4v) is 2.88. The molecule has 0 radical (unpaired) electrons. The van der Waals surface area contributed by atoms with E-state index in [1.807, 2.05) is 43.5 Å². The molecular weight excluding hydrogens is 340 g/mol. The molecule has 134 valence electrons. The van der Waals surface area contributed by atoms with Gasteiger partial charge in [-0.3, -0.25) is 4.98 Å². The summed E-state index contributed by atoms with van der Waals surface area (Å²) in [5, 5.41) is 4.45. The maximum Gasteiger partial charge on any atom is 0.338 e. The minimum absolute atomic E-state index is 0.341. The standard InChI is InChI=1S/C21H18N4O2/c1-3-27-21(26)15-9-8-14(2)20(10-15)25-13-16(11-23-25)19-12-22-17-6-4-5-7-18(17)24-19/h4-13H,3H2,1-2H3. The van der Waals surface area contributed by atoms with Crippen molar-refractivity contribution in [2.45, 2.75) is 13.8 Å². The molecule has 0 saturated heterocycles. The van der Waals surface area contributed by atoms with Crippen molar-refractivity contribution in [2.75, 3.05) is 6.61 Å². The van der Waals surface area contributed by atoms with Gasteiger partial charge in [-0.15, -0.1) is 0 Å². The van der Waals surface area contributed by atoms with Gasteiger partial charge in [-0.05, 0) is 43.7 Å². The Labute approximate surface area is 156 Å². The molecular formula is C21H18N4O2. The third-order valence-electron chi connectivity index (χ3n) is 4.29. The second kappa shape index (κ2) is 6.99. The summed E-state index contributed by atoms with van der Waals surface area (Å²) in [7, 11) is 0. The zero-order chi connectivity index (χ0) is 18.8. The largest absolute Gasteiger partial charge is 0.462 e. The minimum atomic E-state index is -0.341. The van der Waals surface area contributed by atoms with Crippen LogP contribution in [0.4, 0.5) is 0 Å². The summed E-state index contributed by atoms with van der Waals surface area (Å²) in [5.41, 5.74) is 5.62. The summed E-state index contributed by atoms with van der Waals surface area (Å²) in [5.74, 6) is -0.341. The topological polar surface area (TPSA) is 69.9 Å². The summed E-state index contributed by atoms with van der Waals surface area (Å²) < 4.78 is 6.83. The quantitative estimate of drug-likeness (QED) is 0.516. The highest BCUT2D eigenvalue weighted by molar-refractivity contribution is 5.90. The Morgan fingerprint density at radius 1 is 1.11 bits per heavy atom. The molecule has 0 spiro atoms. The number of ether oxygens (including phenoxy) is 1. The van der Waals surface area contributed by atoms with Crippen LogP contribution in [0.1, 0.15) is 22.8 Å². The second-order valence-electron chi connectivity index (χ2n) is 6.14. The Morgan fingerprint density at radius 2 is 1.93 bits per heavy atom. The SMILES string of the molecule is CCOC(=O)c1ccc(C)c(-n2cc(-c3cnc4ccccc4n3)cn2)c1. The van der Waals surface area contributed by atoms with Crippen molar-refractivity contribution < 1.29 is 9.53 Å². The van der Waals surface area contributed by atoms with Gasteiger partial charge in [-0.1, -0.05) is 18.2 Å². The molecule has 0 aliphatic carbocycles. The molecule has 4 aromatic rings. The van der Waals surface area contributed by atoms with Gasteiger partial charge in [0.1, 0.15) is 0 Å². The number of aryl methyl sites for hydroxylation is 1. The first-order valence-corrected chi connectivity index (χ1v) is 8.70. The van der Waals surface area contributed by atoms with E-state index >= 15 is 0 Å². The van der Waals surface area contributed by atoms with Gasteiger partial charge in [-0.25, -0.2) is 14.5 Å². The Morgan fingerprint density at radius 3 is 2.74 bits per heavy atom. The lowest BCUT2D eigenvalue weighted by atomic mass is 10.1. The zero-order valence-corrected chi connectivity index (χ0v) is 15.1. The summed E-state index contributed by atoms with van der Waals surface area (Å²) in [6, 6.07) is 13.2. The lowest BCUT2D eigenvalue weighted by Gasteiger charge is -2.08. The molecule has 0 fully saturated rings. The number of benzene rings is 2. The molecule has 4 rings (SSSR count). The number of hydrogen-bond donors (Lipinski definition) is 0. The Kier molecular flexibility index (Phi) is 4.38. The van der Waals surface area contributed by atoms with Crippen LogP contribution < -0.4 is 0 Å². The summed E-state index contributed by atoms with van der Waals surface area (Å²) in [6.07, 6.45) is 5.37. The Hall–Kier alpha value is -3.54. The van der Waals surface area contributed by atoms with Crippen LogP contribution in [0.3, 0.4) is 0 Å². The van der Waals surface area contributed by atoms with E-state index in [2.05, 4.69) is 15.1 Å². The first kappa shape index (κ1) is 16.9. The number of rotatable bonds is 4. The summed E-state index contributed by atoms with van der Waals surface area (Å²) in [6.45, 7) is 4.10. The summed E-state index contributed by atoms with van der Waals surface area (Å²) >= 11 is 0. The predicted molar refractivity (Wildman–Crippen MR) is 103 cm³/mol. The highest BCUT2D eigenvalue weighted by Crippen LogP contribution is 2.22. The van der Waals surface area contributed by atoms with Crippen molar-refractivity contribution in [2.24, 2.45) is 0 Å². The number of para-hydroxylation sites is 2. The molecule has 27 heavy (non-hydrogen) atoms. The normalized spacial score (nSPS) is 10.9. The van der Waals surface area contributed by atoms with Crippen molar-refractivity contribution in [3.63, 3.8) is 0 Å². The molecule has 0 atom stereocenters. The van der Waals surface area contributed by atoms with Gasteiger partial charge in [0.15, 0.2) is 0 Å². The minimum Gasteiger partial charge on any atom is -0.462 e. The monoisotopic (exact) mass is 358 g/mol. The van der Waals surface area contributed by atoms with Gasteiger partial charge in [-0.2, -0.15) is 5.10 Å². The molecule has 0 saturated carbocycles. The molecule has 0 aliphatic rings. The van der Waals surface area contributed by atoms with Gasteiger partial charge in [0.2, 0.25) is 0 Å². The number of fused-ring (bicyclic) bond motifs is 1. The molecule has 6 heteroatoms. The van der Waals surface area contributed by atoms with Crippen molar-refractivity contribution in [3.8, 4) is 16.9 Å². The van der Waals surface area contributed by atoms with Crippen LogP contribution in [0.25, 0.3) is 28.0 Å². The van der Waals surface area contributed by atoms with Gasteiger partial charge in [0.25, 0.3) is 0 Å². The first-order chi connectivity index (χ1) is 13.2. The molecule has 0 amide bonds. The van der Waals surface area contributed by atoms with E-state index < -0.39 is 0 Å². The highest BCUT2D eigenvalue weighted by Gasteiger charge is 2.12. The average Bonchev–Trinajstić information content (AvgIpc) is 3.18. The second-order valence-corrected chi connectivity index (χ2v) is 6.14. The molecule has 0 N–H and O–H groups in total. The van der Waals surface area contributed by atoms with Gasteiger partial charge in [0, 0.05) is 11.8 Å². The van der Waals surface area contributed by atoms with Crippen LogP contribution in [-0.4, -0.2) is 32.3 Å². The van der Waals surface area contributed by atoms with E-state index in [-0.39, 0.29) is 5.97 Å². The van der Waals surface area contributed by atoms with Gasteiger partial charge in [0.05, 0.1) is 47.0 Å². The molecule has 0 bridgehead atoms. The van der Waals surface area contributed by atoms with Crippen LogP contribution in [-0.2, 0) is 4.74 Å². The Bertz CT molecular complexity index is 1130. The van der Waals surface area contributed by atoms with Crippen LogP contribution in [0, 0.1) is 6.92 Å². The van der Waals surface area contributed by atoms with Crippen molar-refractivity contribution in [1.82, 2.24) is 19.7 Å². The van der Waals surface area contributed by atoms with Crippen molar-refractivity contribution in [3.05, 3.63) is 72.2 Å². The van der Waals surface area contributed by atoms with E-state index in [1.54, 1.807) is 36.1 Å². The van der Waals surface area contributed by atoms with Gasteiger partial charge >= 0.3 is 5.97 Å². The van der Waals surface area contributed by atoms with E-state index in [0.29, 0.717) is 12.2 Å². The van der Waals surface area contributed by atoms with E-state index in [1.165, 1.54) is 0 Å². The van der Waals surface area contributed by atoms with Gasteiger partial charge < -0.3 is 4.74 Å². The van der Waals surface area contributed by atoms with Crippen LogP contribution >= 0.6 is 0 Å². The Balaban J connectivity index is 1.71. The third-order valence-corrected chi connectivity index (χ3v) is 4.29. The number of carbonyl (C=O) groups excluding carboxylic acids is 1. The van der Waals surface area contributed by atoms with E-state index in [9.17, 15) is 4.79 Å². The molecule has 2 heterocycles. The average molecular weight is 358 g/mol. The fourth-order valence-electron chi connectivity index (χ4n) is 2.88. The molecule has 0 aliphatic heterocycles. The highest BCUT2D eigenvalue weighted by atomic mass is 16.5. The lowest BCUT2D eigenvalue weighted by Crippen LogP contribution is -2.07. The van der Waals surface area contributed by atoms with E-state index in [0.717, 1.165) is 33.5 Å². The maximum absolute atomic E-state index is 12.0. The van der Waals surface area contributed by atoms with Crippen LogP contribution in [0.5, 0.6) is 0 Å². The number of esters is 1.